The van der Waals surface area contributed by atoms with Crippen LogP contribution in [0.25, 0.3) is 10.6 Å². The van der Waals surface area contributed by atoms with Crippen LogP contribution in [0.5, 0.6) is 0 Å². The lowest BCUT2D eigenvalue weighted by molar-refractivity contribution is 0.0926. The van der Waals surface area contributed by atoms with Crippen LogP contribution in [0.3, 0.4) is 0 Å². The van der Waals surface area contributed by atoms with Gasteiger partial charge >= 0.3 is 0 Å². The summed E-state index contributed by atoms with van der Waals surface area (Å²) in [5.74, 6) is 0.234. The normalized spacial score (nSPS) is 16.1. The second-order valence-corrected chi connectivity index (χ2v) is 6.74. The Hall–Kier alpha value is -1.37. The van der Waals surface area contributed by atoms with Gasteiger partial charge in [-0.05, 0) is 25.0 Å². The van der Waals surface area contributed by atoms with Gasteiger partial charge in [0.1, 0.15) is 0 Å². The predicted octanol–water partition coefficient (Wildman–Crippen LogP) is 2.56. The second kappa shape index (κ2) is 5.20. The minimum Gasteiger partial charge on any atom is -0.396 e. The molecule has 1 amide bonds. The van der Waals surface area contributed by atoms with Crippen molar-refractivity contribution in [2.45, 2.75) is 12.8 Å². The molecule has 1 aliphatic rings. The minimum atomic E-state index is -0.289. The summed E-state index contributed by atoms with van der Waals surface area (Å²) in [6.07, 6.45) is 1.89. The van der Waals surface area contributed by atoms with E-state index < -0.39 is 0 Å². The average Bonchev–Trinajstić information content (AvgIpc) is 2.86. The number of hydrogen-bond donors (Lipinski definition) is 2. The number of hydrogen-bond acceptors (Lipinski definition) is 5. The topological polar surface area (TPSA) is 75.4 Å². The van der Waals surface area contributed by atoms with Gasteiger partial charge in [0.15, 0.2) is 11.5 Å². The van der Waals surface area contributed by atoms with E-state index in [1.54, 1.807) is 12.1 Å². The molecule has 20 heavy (non-hydrogen) atoms. The maximum absolute atomic E-state index is 11.9. The molecule has 0 atom stereocenters. The Morgan fingerprint density at radius 3 is 2.95 bits per heavy atom. The Balaban J connectivity index is 1.65. The molecule has 7 heteroatoms. The molecule has 0 spiro atoms. The van der Waals surface area contributed by atoms with Crippen molar-refractivity contribution < 1.29 is 14.4 Å². The number of nitrogens with one attached hydrogen (secondary N) is 1. The summed E-state index contributed by atoms with van der Waals surface area (Å²) in [7, 11) is 0. The maximum Gasteiger partial charge on any atom is 0.273 e. The Kier molecular flexibility index (Phi) is 3.54. The minimum absolute atomic E-state index is 0.102. The number of aromatic nitrogens is 1. The summed E-state index contributed by atoms with van der Waals surface area (Å²) in [5, 5.41) is 15.7. The van der Waals surface area contributed by atoms with Crippen LogP contribution in [0.4, 0.5) is 0 Å². The summed E-state index contributed by atoms with van der Waals surface area (Å²) in [6.45, 7) is 0.570. The molecule has 1 aliphatic carbocycles. The van der Waals surface area contributed by atoms with Crippen LogP contribution in [0, 0.1) is 5.41 Å². The number of aliphatic hydroxyl groups is 1. The van der Waals surface area contributed by atoms with Crippen molar-refractivity contribution in [3.63, 3.8) is 0 Å². The fraction of sp³-hybridized carbons (Fsp3) is 0.385. The number of halogens is 1. The predicted molar refractivity (Wildman–Crippen MR) is 75.9 cm³/mol. The smallest absolute Gasteiger partial charge is 0.273 e. The van der Waals surface area contributed by atoms with Gasteiger partial charge in [-0.2, -0.15) is 0 Å². The molecule has 0 aliphatic heterocycles. The van der Waals surface area contributed by atoms with Crippen LogP contribution in [-0.2, 0) is 0 Å². The van der Waals surface area contributed by atoms with E-state index in [9.17, 15) is 9.90 Å². The SMILES string of the molecule is O=C(NCC1(CO)CC1)c1cc(-c2ccc(Cl)s2)on1. The van der Waals surface area contributed by atoms with Crippen LogP contribution in [0.15, 0.2) is 22.7 Å². The Morgan fingerprint density at radius 1 is 1.55 bits per heavy atom. The van der Waals surface area contributed by atoms with Crippen LogP contribution >= 0.6 is 22.9 Å². The molecule has 0 saturated heterocycles. The molecule has 2 N–H and O–H groups in total. The number of nitrogens with zero attached hydrogens (tertiary/aromatic N) is 1. The number of amides is 1. The quantitative estimate of drug-likeness (QED) is 0.889. The van der Waals surface area contributed by atoms with E-state index >= 15 is 0 Å². The maximum atomic E-state index is 11.9. The number of carbonyl (C=O) groups excluding carboxylic acids is 1. The van der Waals surface area contributed by atoms with Crippen LogP contribution in [0.2, 0.25) is 4.34 Å². The highest BCUT2D eigenvalue weighted by molar-refractivity contribution is 7.19. The van der Waals surface area contributed by atoms with E-state index in [1.165, 1.54) is 11.3 Å². The first-order valence-electron chi connectivity index (χ1n) is 6.23. The highest BCUT2D eigenvalue weighted by atomic mass is 35.5. The van der Waals surface area contributed by atoms with Gasteiger partial charge in [-0.25, -0.2) is 0 Å². The van der Waals surface area contributed by atoms with Crippen LogP contribution in [-0.4, -0.2) is 29.3 Å². The summed E-state index contributed by atoms with van der Waals surface area (Å²) >= 11 is 7.22. The lowest BCUT2D eigenvalue weighted by Gasteiger charge is -2.11. The summed E-state index contributed by atoms with van der Waals surface area (Å²) in [4.78, 5) is 12.8. The van der Waals surface area contributed by atoms with E-state index in [-0.39, 0.29) is 23.6 Å². The van der Waals surface area contributed by atoms with Gasteiger partial charge < -0.3 is 14.9 Å². The Labute approximate surface area is 124 Å². The third-order valence-electron chi connectivity index (χ3n) is 3.48. The lowest BCUT2D eigenvalue weighted by atomic mass is 10.1. The first-order chi connectivity index (χ1) is 9.62. The molecule has 0 bridgehead atoms. The van der Waals surface area contributed by atoms with Crippen molar-refractivity contribution in [1.82, 2.24) is 10.5 Å². The molecular formula is C13H13ClN2O3S. The molecule has 106 valence electrons. The van der Waals surface area contributed by atoms with Gasteiger partial charge in [-0.3, -0.25) is 4.79 Å². The first-order valence-corrected chi connectivity index (χ1v) is 7.43. The van der Waals surface area contributed by atoms with Crippen molar-refractivity contribution in [3.8, 4) is 10.6 Å². The van der Waals surface area contributed by atoms with E-state index in [1.807, 2.05) is 6.07 Å². The van der Waals surface area contributed by atoms with Gasteiger partial charge in [-0.1, -0.05) is 16.8 Å². The first kappa shape index (κ1) is 13.6. The molecular weight excluding hydrogens is 300 g/mol. The van der Waals surface area contributed by atoms with E-state index in [0.717, 1.165) is 17.7 Å². The van der Waals surface area contributed by atoms with Crippen LogP contribution < -0.4 is 5.32 Å². The van der Waals surface area contributed by atoms with E-state index in [2.05, 4.69) is 10.5 Å². The fourth-order valence-electron chi connectivity index (χ4n) is 1.87. The van der Waals surface area contributed by atoms with Gasteiger partial charge in [0, 0.05) is 18.0 Å². The zero-order chi connectivity index (χ0) is 14.2. The van der Waals surface area contributed by atoms with Crippen molar-refractivity contribution in [3.05, 3.63) is 28.2 Å². The highest BCUT2D eigenvalue weighted by Gasteiger charge is 2.42. The number of thiophene rings is 1. The zero-order valence-electron chi connectivity index (χ0n) is 10.6. The largest absolute Gasteiger partial charge is 0.396 e. The molecule has 5 nitrogen and oxygen atoms in total. The zero-order valence-corrected chi connectivity index (χ0v) is 12.1. The third-order valence-corrected chi connectivity index (χ3v) is 4.72. The molecule has 1 fully saturated rings. The van der Waals surface area contributed by atoms with Gasteiger partial charge in [-0.15, -0.1) is 11.3 Å². The second-order valence-electron chi connectivity index (χ2n) is 5.02. The molecule has 1 saturated carbocycles. The Bertz CT molecular complexity index is 633. The fourth-order valence-corrected chi connectivity index (χ4v) is 2.86. The standard InChI is InChI=1S/C13H13ClN2O3S/c14-11-2-1-10(20-11)9-5-8(16-19-9)12(18)15-6-13(7-17)3-4-13/h1-2,5,17H,3-4,6-7H2,(H,15,18). The summed E-state index contributed by atoms with van der Waals surface area (Å²) in [5.41, 5.74) is 0.113. The average molecular weight is 313 g/mol. The van der Waals surface area contributed by atoms with Gasteiger partial charge in [0.05, 0.1) is 15.8 Å². The Morgan fingerprint density at radius 2 is 2.35 bits per heavy atom. The van der Waals surface area contributed by atoms with Crippen molar-refractivity contribution in [1.29, 1.82) is 0 Å². The number of rotatable bonds is 5. The molecule has 3 rings (SSSR count). The molecule has 2 aromatic heterocycles. The van der Waals surface area contributed by atoms with Crippen molar-refractivity contribution >= 4 is 28.8 Å². The summed E-state index contributed by atoms with van der Waals surface area (Å²) in [6, 6.07) is 5.18. The molecule has 2 aromatic rings. The van der Waals surface area contributed by atoms with E-state index in [0.29, 0.717) is 16.6 Å². The molecule has 0 radical (unpaired) electrons. The number of carbonyl (C=O) groups is 1. The van der Waals surface area contributed by atoms with Crippen molar-refractivity contribution in [2.75, 3.05) is 13.2 Å². The molecule has 0 unspecified atom stereocenters. The van der Waals surface area contributed by atoms with Crippen LogP contribution in [0.1, 0.15) is 23.3 Å². The molecule has 2 heterocycles. The number of aliphatic hydroxyl groups excluding tert-OH is 1. The van der Waals surface area contributed by atoms with Gasteiger partial charge in [0.25, 0.3) is 5.91 Å². The van der Waals surface area contributed by atoms with Crippen molar-refractivity contribution in [2.24, 2.45) is 5.41 Å². The monoisotopic (exact) mass is 312 g/mol. The van der Waals surface area contributed by atoms with Gasteiger partial charge in [0.2, 0.25) is 0 Å². The third kappa shape index (κ3) is 2.72. The highest BCUT2D eigenvalue weighted by Crippen LogP contribution is 2.44. The lowest BCUT2D eigenvalue weighted by Crippen LogP contribution is -2.32. The van der Waals surface area contributed by atoms with E-state index in [4.69, 9.17) is 16.1 Å². The molecule has 0 aromatic carbocycles. The summed E-state index contributed by atoms with van der Waals surface area (Å²) < 4.78 is 5.80.